The molecule has 0 bridgehead atoms. The van der Waals surface area contributed by atoms with Crippen molar-refractivity contribution in [2.24, 2.45) is 0 Å². The molecule has 3 saturated heterocycles. The molecule has 2 aliphatic carbocycles. The van der Waals surface area contributed by atoms with Crippen molar-refractivity contribution in [3.05, 3.63) is 11.6 Å². The summed E-state index contributed by atoms with van der Waals surface area (Å²) >= 11 is 0. The van der Waals surface area contributed by atoms with Crippen LogP contribution < -0.4 is 10.6 Å². The number of ether oxygens (including phenoxy) is 5. The van der Waals surface area contributed by atoms with Crippen LogP contribution in [0.2, 0.25) is 0 Å². The molecule has 0 unspecified atom stereocenters. The van der Waals surface area contributed by atoms with E-state index in [1.54, 1.807) is 0 Å². The molecular formula is C35H64N2O25. The van der Waals surface area contributed by atoms with Crippen molar-refractivity contribution in [1.82, 2.24) is 10.6 Å². The monoisotopic (exact) mass is 912 g/mol. The van der Waals surface area contributed by atoms with Gasteiger partial charge in [0.1, 0.15) is 97.2 Å². The first-order chi connectivity index (χ1) is 29.1. The summed E-state index contributed by atoms with van der Waals surface area (Å²) < 4.78 is 27.4. The van der Waals surface area contributed by atoms with E-state index in [1.165, 1.54) is 13.0 Å². The zero-order chi connectivity index (χ0) is 46.5. The van der Waals surface area contributed by atoms with Gasteiger partial charge in [0.15, 0.2) is 18.9 Å². The molecule has 0 aromatic rings. The van der Waals surface area contributed by atoms with Crippen LogP contribution in [-0.4, -0.2) is 294 Å². The molecule has 3 heterocycles. The number of aliphatic hydroxyl groups is 20. The lowest BCUT2D eigenvalue weighted by Crippen LogP contribution is -2.68. The van der Waals surface area contributed by atoms with Crippen molar-refractivity contribution in [1.29, 1.82) is 0 Å². The Bertz CT molecular complexity index is 1390. The fourth-order valence-electron chi connectivity index (χ4n) is 7.96. The second kappa shape index (κ2) is 22.9. The molecule has 3 aliphatic heterocycles. The standard InChI is InChI=1S/C25H43NO18.C10H21NO7/c1-6-11(26-8-2-7(3-27)12(30)15(33)13(8)31)14(32)19(37)24(40-6)43-22-10(5-29)42-25(20(38)17(22)35)44-21-9(4-28)41-23(39)18(36)16(21)34;12-2-5(3-13)11-6-1-10(18,4-14)9(17)8(16)7(6)15/h2,6,8-39H,3-5H2,1H3;5-9,11-18H,1-4H2/t6-,8+,9-,10-,11-,12-,13+,14+,15+,16-,17-,18-,19-,20-,21-,22-,23-,24-,25-;6-,7-,8+,9-,10-/m10/s1. The highest BCUT2D eigenvalue weighted by Crippen LogP contribution is 2.33. The summed E-state index contributed by atoms with van der Waals surface area (Å²) in [4.78, 5) is 0. The zero-order valence-electron chi connectivity index (χ0n) is 33.4. The normalized spacial score (nSPS) is 48.9. The van der Waals surface area contributed by atoms with Crippen LogP contribution in [0, 0.1) is 0 Å². The van der Waals surface area contributed by atoms with Crippen LogP contribution in [0.3, 0.4) is 0 Å². The van der Waals surface area contributed by atoms with E-state index in [0.29, 0.717) is 0 Å². The van der Waals surface area contributed by atoms with Gasteiger partial charge >= 0.3 is 0 Å². The zero-order valence-corrected chi connectivity index (χ0v) is 33.4. The fourth-order valence-corrected chi connectivity index (χ4v) is 7.96. The van der Waals surface area contributed by atoms with Crippen LogP contribution >= 0.6 is 0 Å². The summed E-state index contributed by atoms with van der Waals surface area (Å²) in [7, 11) is 0. The van der Waals surface area contributed by atoms with Gasteiger partial charge in [-0.2, -0.15) is 0 Å². The number of nitrogens with one attached hydrogen (secondary N) is 2. The van der Waals surface area contributed by atoms with Gasteiger partial charge in [-0.05, 0) is 18.9 Å². The van der Waals surface area contributed by atoms with Gasteiger partial charge in [0.05, 0.1) is 70.0 Å². The van der Waals surface area contributed by atoms with E-state index in [2.05, 4.69) is 10.6 Å². The molecule has 5 rings (SSSR count). The Labute approximate surface area is 353 Å². The van der Waals surface area contributed by atoms with Gasteiger partial charge in [-0.1, -0.05) is 6.08 Å². The van der Waals surface area contributed by atoms with E-state index in [0.717, 1.165) is 0 Å². The number of hydrogen-bond acceptors (Lipinski definition) is 27. The second-order valence-corrected chi connectivity index (χ2v) is 16.1. The molecule has 27 nitrogen and oxygen atoms in total. The van der Waals surface area contributed by atoms with Gasteiger partial charge in [-0.15, -0.1) is 0 Å². The molecule has 0 spiro atoms. The molecule has 24 atom stereocenters. The molecular weight excluding hydrogens is 848 g/mol. The minimum Gasteiger partial charge on any atom is -0.395 e. The summed E-state index contributed by atoms with van der Waals surface area (Å²) in [6.45, 7) is -2.32. The van der Waals surface area contributed by atoms with Crippen LogP contribution in [0.5, 0.6) is 0 Å². The van der Waals surface area contributed by atoms with Crippen molar-refractivity contribution >= 4 is 0 Å². The first kappa shape index (κ1) is 53.3. The minimum absolute atomic E-state index is 0.0225. The molecule has 0 amide bonds. The molecule has 0 aromatic heterocycles. The summed E-state index contributed by atoms with van der Waals surface area (Å²) in [5.41, 5.74) is -1.92. The van der Waals surface area contributed by atoms with E-state index in [1.807, 2.05) is 0 Å². The van der Waals surface area contributed by atoms with Gasteiger partial charge < -0.3 is 136 Å². The van der Waals surface area contributed by atoms with E-state index in [9.17, 15) is 86.8 Å². The maximum Gasteiger partial charge on any atom is 0.187 e. The van der Waals surface area contributed by atoms with Crippen LogP contribution in [0.4, 0.5) is 0 Å². The highest BCUT2D eigenvalue weighted by atomic mass is 16.7. The summed E-state index contributed by atoms with van der Waals surface area (Å²) in [5, 5.41) is 204. The minimum atomic E-state index is -1.94. The van der Waals surface area contributed by atoms with E-state index in [4.69, 9.17) is 39.0 Å². The SMILES string of the molecule is C[C@H]1O[C@H](O[C@H]2[C@H](O)[C@@H](O)[C@@H](O[C@H]3[C@H](O)[C@@H](O)[C@H](O)O[C@@H]3CO)O[C@@H]2CO)[C@H](O)[C@@H](O)[C@@H]1N[C@H]1C=C(CO)[C@@H](O)[C@H](O)[C@H]1O.OCC(CO)N[C@H]1C[C@](O)(CO)[C@@H](O)[C@H](O)[C@H]1O. The van der Waals surface area contributed by atoms with Crippen molar-refractivity contribution < 1.29 is 126 Å². The van der Waals surface area contributed by atoms with Gasteiger partial charge in [-0.3, -0.25) is 0 Å². The highest BCUT2D eigenvalue weighted by molar-refractivity contribution is 5.22. The van der Waals surface area contributed by atoms with E-state index < -0.39 is 192 Å². The Morgan fingerprint density at radius 1 is 0.645 bits per heavy atom. The maximum absolute atomic E-state index is 10.9. The Morgan fingerprint density at radius 2 is 1.18 bits per heavy atom. The molecule has 5 aliphatic rings. The molecule has 4 fully saturated rings. The van der Waals surface area contributed by atoms with E-state index in [-0.39, 0.29) is 12.0 Å². The first-order valence-corrected chi connectivity index (χ1v) is 19.9. The third-order valence-corrected chi connectivity index (χ3v) is 11.8. The molecule has 0 radical (unpaired) electrons. The van der Waals surface area contributed by atoms with Crippen molar-refractivity contribution in [2.75, 3.05) is 39.6 Å². The summed E-state index contributed by atoms with van der Waals surface area (Å²) in [6, 6.07) is -3.77. The van der Waals surface area contributed by atoms with E-state index >= 15 is 0 Å². The van der Waals surface area contributed by atoms with Crippen molar-refractivity contribution in [3.8, 4) is 0 Å². The van der Waals surface area contributed by atoms with Gasteiger partial charge in [0, 0.05) is 6.04 Å². The Morgan fingerprint density at radius 3 is 1.71 bits per heavy atom. The lowest BCUT2D eigenvalue weighted by molar-refractivity contribution is -0.373. The van der Waals surface area contributed by atoms with Crippen LogP contribution in [0.15, 0.2) is 11.6 Å². The molecule has 0 aromatic carbocycles. The van der Waals surface area contributed by atoms with Gasteiger partial charge in [0.25, 0.3) is 0 Å². The Balaban J connectivity index is 0.000000393. The van der Waals surface area contributed by atoms with Crippen LogP contribution in [-0.2, 0) is 23.7 Å². The quantitative estimate of drug-likeness (QED) is 0.0720. The fraction of sp³-hybridized carbons (Fsp3) is 0.943. The highest BCUT2D eigenvalue weighted by Gasteiger charge is 2.54. The molecule has 62 heavy (non-hydrogen) atoms. The third-order valence-electron chi connectivity index (χ3n) is 11.8. The van der Waals surface area contributed by atoms with Gasteiger partial charge in [-0.25, -0.2) is 0 Å². The summed E-state index contributed by atoms with van der Waals surface area (Å²) in [5.74, 6) is 0. The predicted octanol–water partition coefficient (Wildman–Crippen LogP) is -13.1. The average Bonchev–Trinajstić information content (AvgIpc) is 3.26. The number of rotatable bonds is 14. The molecule has 22 N–H and O–H groups in total. The van der Waals surface area contributed by atoms with Gasteiger partial charge in [0.2, 0.25) is 0 Å². The first-order valence-electron chi connectivity index (χ1n) is 19.9. The number of hydrogen-bond donors (Lipinski definition) is 22. The lowest BCUT2D eigenvalue weighted by Gasteiger charge is -2.48. The largest absolute Gasteiger partial charge is 0.395 e. The topological polar surface area (TPSA) is 475 Å². The van der Waals surface area contributed by atoms with Crippen LogP contribution in [0.1, 0.15) is 13.3 Å². The lowest BCUT2D eigenvalue weighted by atomic mass is 9.76. The average molecular weight is 913 g/mol. The van der Waals surface area contributed by atoms with Crippen LogP contribution in [0.25, 0.3) is 0 Å². The second-order valence-electron chi connectivity index (χ2n) is 16.1. The smallest absolute Gasteiger partial charge is 0.187 e. The predicted molar refractivity (Wildman–Crippen MR) is 197 cm³/mol. The molecule has 27 heteroatoms. The number of aliphatic hydroxyl groups excluding tert-OH is 19. The molecule has 364 valence electrons. The molecule has 1 saturated carbocycles. The van der Waals surface area contributed by atoms with Crippen molar-refractivity contribution in [3.63, 3.8) is 0 Å². The Kier molecular flexibility index (Phi) is 19.7. The summed E-state index contributed by atoms with van der Waals surface area (Å²) in [6.07, 6.45) is -31.5. The third kappa shape index (κ3) is 11.4. The maximum atomic E-state index is 10.9. The van der Waals surface area contributed by atoms with Crippen molar-refractivity contribution in [2.45, 2.75) is 166 Å². The Hall–Kier alpha value is -1.34.